The van der Waals surface area contributed by atoms with E-state index in [1.807, 2.05) is 0 Å². The third kappa shape index (κ3) is 4.10. The van der Waals surface area contributed by atoms with Gasteiger partial charge >= 0.3 is 0 Å². The molecule has 0 atom stereocenters. The molecule has 1 N–H and O–H groups in total. The highest BCUT2D eigenvalue weighted by Crippen LogP contribution is 2.29. The molecule has 24 heavy (non-hydrogen) atoms. The fourth-order valence-electron chi connectivity index (χ4n) is 1.71. The van der Waals surface area contributed by atoms with Crippen LogP contribution in [0.1, 0.15) is 4.88 Å². The maximum Gasteiger partial charge on any atom is 0.252 e. The van der Waals surface area contributed by atoms with Gasteiger partial charge < -0.3 is 0 Å². The van der Waals surface area contributed by atoms with Gasteiger partial charge in [0.1, 0.15) is 9.10 Å². The van der Waals surface area contributed by atoms with E-state index in [0.29, 0.717) is 4.88 Å². The molecule has 0 aliphatic carbocycles. The minimum atomic E-state index is -3.87. The second-order valence-electron chi connectivity index (χ2n) is 4.88. The summed E-state index contributed by atoms with van der Waals surface area (Å²) in [5, 5.41) is 0.0729. The maximum absolute atomic E-state index is 12.3. The first-order valence-electron chi connectivity index (χ1n) is 6.50. The molecule has 0 aliphatic rings. The lowest BCUT2D eigenvalue weighted by molar-refractivity contribution is 0.523. The van der Waals surface area contributed by atoms with Crippen molar-refractivity contribution < 1.29 is 16.8 Å². The van der Waals surface area contributed by atoms with Crippen molar-refractivity contribution in [3.8, 4) is 0 Å². The molecule has 0 radical (unpaired) electrons. The monoisotopic (exact) mass is 428 g/mol. The van der Waals surface area contributed by atoms with Gasteiger partial charge in [-0.3, -0.25) is 0 Å². The summed E-state index contributed by atoms with van der Waals surface area (Å²) in [6.45, 7) is -0.0568. The van der Waals surface area contributed by atoms with Crippen LogP contribution in [0.4, 0.5) is 0 Å². The van der Waals surface area contributed by atoms with Gasteiger partial charge in [0.25, 0.3) is 10.0 Å². The number of nitrogens with zero attached hydrogens (tertiary/aromatic N) is 1. The Bertz CT molecular complexity index is 953. The van der Waals surface area contributed by atoms with E-state index in [4.69, 9.17) is 23.2 Å². The summed E-state index contributed by atoms with van der Waals surface area (Å²) in [5.74, 6) is 0. The maximum atomic E-state index is 12.3. The Balaban J connectivity index is 2.20. The average Bonchev–Trinajstić information content (AvgIpc) is 2.97. The highest BCUT2D eigenvalue weighted by molar-refractivity contribution is 7.91. The van der Waals surface area contributed by atoms with Gasteiger partial charge in [0.15, 0.2) is 0 Å². The summed E-state index contributed by atoms with van der Waals surface area (Å²) >= 11 is 12.7. The second kappa shape index (κ2) is 7.28. The number of rotatable bonds is 6. The Hall–Kier alpha value is -0.680. The standard InChI is InChI=1S/C13H14Cl2N2O4S3/c1-17(2)24(20,21)12-7-6-9(22-12)8-16-23(18,19)11-5-3-4-10(14)13(11)15/h3-7,16H,8H2,1-2H3. The first-order chi connectivity index (χ1) is 11.1. The van der Waals surface area contributed by atoms with Crippen LogP contribution in [0.2, 0.25) is 10.0 Å². The third-order valence-corrected chi connectivity index (χ3v) is 8.76. The van der Waals surface area contributed by atoms with Crippen LogP contribution in [0, 0.1) is 0 Å². The molecule has 132 valence electrons. The van der Waals surface area contributed by atoms with Crippen molar-refractivity contribution in [2.45, 2.75) is 15.6 Å². The van der Waals surface area contributed by atoms with E-state index < -0.39 is 20.0 Å². The van der Waals surface area contributed by atoms with E-state index in [9.17, 15) is 16.8 Å². The Morgan fingerprint density at radius 1 is 1.08 bits per heavy atom. The Morgan fingerprint density at radius 3 is 2.38 bits per heavy atom. The Morgan fingerprint density at radius 2 is 1.75 bits per heavy atom. The second-order valence-corrected chi connectivity index (χ2v) is 11.0. The van der Waals surface area contributed by atoms with E-state index >= 15 is 0 Å². The number of nitrogens with one attached hydrogen (secondary N) is 1. The minimum Gasteiger partial charge on any atom is -0.207 e. The molecule has 0 amide bonds. The van der Waals surface area contributed by atoms with Gasteiger partial charge in [-0.2, -0.15) is 0 Å². The van der Waals surface area contributed by atoms with Crippen LogP contribution < -0.4 is 4.72 Å². The first kappa shape index (κ1) is 19.6. The fraction of sp³-hybridized carbons (Fsp3) is 0.231. The molecule has 1 aromatic carbocycles. The normalized spacial score (nSPS) is 12.7. The number of benzene rings is 1. The van der Waals surface area contributed by atoms with Gasteiger partial charge in [0.05, 0.1) is 10.0 Å². The predicted molar refractivity (Wildman–Crippen MR) is 95.7 cm³/mol. The molecule has 0 saturated heterocycles. The molecular weight excluding hydrogens is 415 g/mol. The highest BCUT2D eigenvalue weighted by Gasteiger charge is 2.22. The summed E-state index contributed by atoms with van der Waals surface area (Å²) in [6.07, 6.45) is 0. The van der Waals surface area contributed by atoms with Crippen LogP contribution in [0.15, 0.2) is 39.4 Å². The summed E-state index contributed by atoms with van der Waals surface area (Å²) in [6, 6.07) is 7.31. The van der Waals surface area contributed by atoms with E-state index in [2.05, 4.69) is 4.72 Å². The topological polar surface area (TPSA) is 83.6 Å². The zero-order valence-electron chi connectivity index (χ0n) is 12.7. The molecule has 0 aliphatic heterocycles. The van der Waals surface area contributed by atoms with Crippen LogP contribution in [0.5, 0.6) is 0 Å². The SMILES string of the molecule is CN(C)S(=O)(=O)c1ccc(CNS(=O)(=O)c2cccc(Cl)c2Cl)s1. The number of sulfonamides is 2. The molecule has 0 spiro atoms. The van der Waals surface area contributed by atoms with Crippen LogP contribution in [0.3, 0.4) is 0 Å². The Labute approximate surface area is 155 Å². The van der Waals surface area contributed by atoms with E-state index in [0.717, 1.165) is 15.6 Å². The lowest BCUT2D eigenvalue weighted by atomic mass is 10.4. The van der Waals surface area contributed by atoms with Crippen molar-refractivity contribution in [1.82, 2.24) is 9.03 Å². The van der Waals surface area contributed by atoms with Gasteiger partial charge in [-0.05, 0) is 24.3 Å². The molecule has 6 nitrogen and oxygen atoms in total. The van der Waals surface area contributed by atoms with Crippen molar-refractivity contribution in [2.75, 3.05) is 14.1 Å². The third-order valence-electron chi connectivity index (χ3n) is 3.01. The lowest BCUT2D eigenvalue weighted by Gasteiger charge is -2.09. The van der Waals surface area contributed by atoms with Crippen LogP contribution in [-0.2, 0) is 26.6 Å². The molecule has 2 rings (SSSR count). The Kier molecular flexibility index (Phi) is 5.96. The van der Waals surface area contributed by atoms with Crippen molar-refractivity contribution >= 4 is 54.6 Å². The molecule has 11 heteroatoms. The van der Waals surface area contributed by atoms with Crippen LogP contribution >= 0.6 is 34.5 Å². The summed E-state index contributed by atoms with van der Waals surface area (Å²) < 4.78 is 52.3. The zero-order valence-corrected chi connectivity index (χ0v) is 16.6. The highest BCUT2D eigenvalue weighted by atomic mass is 35.5. The van der Waals surface area contributed by atoms with Gasteiger partial charge in [-0.25, -0.2) is 25.9 Å². The molecule has 0 bridgehead atoms. The van der Waals surface area contributed by atoms with Crippen LogP contribution in [0.25, 0.3) is 0 Å². The smallest absolute Gasteiger partial charge is 0.207 e. The van der Waals surface area contributed by atoms with Crippen molar-refractivity contribution in [3.05, 3.63) is 45.3 Å². The predicted octanol–water partition coefficient (Wildman–Crippen LogP) is 2.78. The zero-order chi connectivity index (χ0) is 18.1. The number of hydrogen-bond acceptors (Lipinski definition) is 5. The van der Waals surface area contributed by atoms with Crippen LogP contribution in [-0.4, -0.2) is 35.2 Å². The largest absolute Gasteiger partial charge is 0.252 e. The number of halogens is 2. The van der Waals surface area contributed by atoms with Gasteiger partial charge in [0.2, 0.25) is 10.0 Å². The van der Waals surface area contributed by atoms with E-state index in [-0.39, 0.29) is 25.7 Å². The number of hydrogen-bond donors (Lipinski definition) is 1. The fourth-order valence-corrected chi connectivity index (χ4v) is 6.03. The molecule has 0 unspecified atom stereocenters. The van der Waals surface area contributed by atoms with Gasteiger partial charge in [-0.1, -0.05) is 29.3 Å². The molecule has 2 aromatic rings. The van der Waals surface area contributed by atoms with Crippen molar-refractivity contribution in [1.29, 1.82) is 0 Å². The van der Waals surface area contributed by atoms with Crippen molar-refractivity contribution in [2.24, 2.45) is 0 Å². The minimum absolute atomic E-state index is 0.0568. The molecule has 0 fully saturated rings. The molecule has 1 aromatic heterocycles. The van der Waals surface area contributed by atoms with E-state index in [1.165, 1.54) is 38.4 Å². The quantitative estimate of drug-likeness (QED) is 0.766. The first-order valence-corrected chi connectivity index (χ1v) is 11.0. The summed E-state index contributed by atoms with van der Waals surface area (Å²) in [5.41, 5.74) is 0. The molecule has 1 heterocycles. The summed E-state index contributed by atoms with van der Waals surface area (Å²) in [4.78, 5) is 0.423. The van der Waals surface area contributed by atoms with Gasteiger partial charge in [-0.15, -0.1) is 11.3 Å². The van der Waals surface area contributed by atoms with E-state index in [1.54, 1.807) is 6.07 Å². The van der Waals surface area contributed by atoms with Crippen molar-refractivity contribution in [3.63, 3.8) is 0 Å². The van der Waals surface area contributed by atoms with Gasteiger partial charge in [0, 0.05) is 25.5 Å². The number of thiophene rings is 1. The molecular formula is C13H14Cl2N2O4S3. The lowest BCUT2D eigenvalue weighted by Crippen LogP contribution is -2.23. The summed E-state index contributed by atoms with van der Waals surface area (Å²) in [7, 11) is -4.55. The average molecular weight is 429 g/mol. The molecule has 0 saturated carbocycles.